The van der Waals surface area contributed by atoms with Gasteiger partial charge in [-0.15, -0.1) is 0 Å². The summed E-state index contributed by atoms with van der Waals surface area (Å²) in [5, 5.41) is 9.38. The zero-order valence-electron chi connectivity index (χ0n) is 11.1. The minimum Gasteiger partial charge on any atom is -0.367 e. The maximum Gasteiger partial charge on any atom is 0.125 e. The van der Waals surface area contributed by atoms with Crippen molar-refractivity contribution in [3.63, 3.8) is 0 Å². The van der Waals surface area contributed by atoms with Gasteiger partial charge in [0, 0.05) is 23.8 Å². The van der Waals surface area contributed by atoms with E-state index in [1.54, 1.807) is 18.2 Å². The van der Waals surface area contributed by atoms with E-state index in [9.17, 15) is 4.39 Å². The van der Waals surface area contributed by atoms with Crippen LogP contribution in [0.1, 0.15) is 18.1 Å². The van der Waals surface area contributed by atoms with Gasteiger partial charge in [-0.2, -0.15) is 5.26 Å². The van der Waals surface area contributed by atoms with Gasteiger partial charge in [0.2, 0.25) is 0 Å². The van der Waals surface area contributed by atoms with Crippen molar-refractivity contribution in [2.24, 2.45) is 0 Å². The lowest BCUT2D eigenvalue weighted by atomic mass is 10.1. The molecule has 0 radical (unpaired) electrons. The molecule has 0 heterocycles. The molecule has 4 heteroatoms. The van der Waals surface area contributed by atoms with Gasteiger partial charge in [-0.25, -0.2) is 4.39 Å². The fourth-order valence-corrected chi connectivity index (χ4v) is 2.25. The standard InChI is InChI=1S/C16H14ClFN2/c1-2-20(15-5-3-4-14(18)9-15)11-13-7-6-12(10-19)8-16(13)17/h3-9H,2,11H2,1H3. The molecule has 102 valence electrons. The Balaban J connectivity index is 2.25. The van der Waals surface area contributed by atoms with Gasteiger partial charge in [-0.05, 0) is 42.8 Å². The van der Waals surface area contributed by atoms with Crippen LogP contribution >= 0.6 is 11.6 Å². The molecule has 0 atom stereocenters. The number of halogens is 2. The average molecular weight is 289 g/mol. The summed E-state index contributed by atoms with van der Waals surface area (Å²) in [4.78, 5) is 2.02. The molecule has 2 aromatic rings. The van der Waals surface area contributed by atoms with Crippen molar-refractivity contribution < 1.29 is 4.39 Å². The van der Waals surface area contributed by atoms with Crippen molar-refractivity contribution in [1.82, 2.24) is 0 Å². The topological polar surface area (TPSA) is 27.0 Å². The van der Waals surface area contributed by atoms with Crippen LogP contribution in [-0.4, -0.2) is 6.54 Å². The zero-order chi connectivity index (χ0) is 14.5. The Bertz CT molecular complexity index is 649. The summed E-state index contributed by atoms with van der Waals surface area (Å²) in [5.41, 5.74) is 2.26. The summed E-state index contributed by atoms with van der Waals surface area (Å²) >= 11 is 6.18. The lowest BCUT2D eigenvalue weighted by molar-refractivity contribution is 0.626. The van der Waals surface area contributed by atoms with Crippen LogP contribution < -0.4 is 4.90 Å². The Kier molecular flexibility index (Phi) is 4.60. The molecule has 0 unspecified atom stereocenters. The average Bonchev–Trinajstić information content (AvgIpc) is 2.46. The van der Waals surface area contributed by atoms with Crippen molar-refractivity contribution >= 4 is 17.3 Å². The van der Waals surface area contributed by atoms with Gasteiger partial charge in [-0.3, -0.25) is 0 Å². The summed E-state index contributed by atoms with van der Waals surface area (Å²) < 4.78 is 13.3. The molecular formula is C16H14ClFN2. The molecular weight excluding hydrogens is 275 g/mol. The van der Waals surface area contributed by atoms with E-state index in [2.05, 4.69) is 6.07 Å². The largest absolute Gasteiger partial charge is 0.367 e. The summed E-state index contributed by atoms with van der Waals surface area (Å²) in [6.07, 6.45) is 0. The molecule has 0 fully saturated rings. The van der Waals surface area contributed by atoms with Crippen molar-refractivity contribution in [2.75, 3.05) is 11.4 Å². The second kappa shape index (κ2) is 6.40. The van der Waals surface area contributed by atoms with Crippen LogP contribution in [0, 0.1) is 17.1 Å². The summed E-state index contributed by atoms with van der Waals surface area (Å²) in [7, 11) is 0. The molecule has 2 aromatic carbocycles. The van der Waals surface area contributed by atoms with Gasteiger partial charge >= 0.3 is 0 Å². The maximum absolute atomic E-state index is 13.3. The van der Waals surface area contributed by atoms with Crippen molar-refractivity contribution in [3.8, 4) is 6.07 Å². The van der Waals surface area contributed by atoms with E-state index in [0.29, 0.717) is 17.1 Å². The molecule has 2 rings (SSSR count). The maximum atomic E-state index is 13.3. The van der Waals surface area contributed by atoms with Gasteiger partial charge in [-0.1, -0.05) is 23.7 Å². The molecule has 2 nitrogen and oxygen atoms in total. The molecule has 0 aliphatic carbocycles. The molecule has 0 saturated carbocycles. The Morgan fingerprint density at radius 1 is 1.25 bits per heavy atom. The zero-order valence-corrected chi connectivity index (χ0v) is 11.9. The molecule has 0 saturated heterocycles. The third-order valence-corrected chi connectivity index (χ3v) is 3.45. The van der Waals surface area contributed by atoms with E-state index in [0.717, 1.165) is 17.8 Å². The summed E-state index contributed by atoms with van der Waals surface area (Å²) in [6.45, 7) is 3.31. The summed E-state index contributed by atoms with van der Waals surface area (Å²) in [5.74, 6) is -0.258. The SMILES string of the molecule is CCN(Cc1ccc(C#N)cc1Cl)c1cccc(F)c1. The first-order chi connectivity index (χ1) is 9.63. The van der Waals surface area contributed by atoms with E-state index < -0.39 is 0 Å². The van der Waals surface area contributed by atoms with Gasteiger partial charge < -0.3 is 4.90 Å². The Morgan fingerprint density at radius 2 is 2.05 bits per heavy atom. The van der Waals surface area contributed by atoms with Gasteiger partial charge in [0.1, 0.15) is 5.82 Å². The highest BCUT2D eigenvalue weighted by Crippen LogP contribution is 2.23. The van der Waals surface area contributed by atoms with Crippen LogP contribution in [0.3, 0.4) is 0 Å². The second-order valence-electron chi connectivity index (χ2n) is 4.41. The first kappa shape index (κ1) is 14.4. The Labute approximate surface area is 123 Å². The van der Waals surface area contributed by atoms with Crippen LogP contribution in [0.25, 0.3) is 0 Å². The smallest absolute Gasteiger partial charge is 0.125 e. The Hall–Kier alpha value is -2.05. The molecule has 0 aromatic heterocycles. The number of hydrogen-bond donors (Lipinski definition) is 0. The molecule has 0 bridgehead atoms. The van der Waals surface area contributed by atoms with E-state index >= 15 is 0 Å². The lowest BCUT2D eigenvalue weighted by Gasteiger charge is -2.23. The van der Waals surface area contributed by atoms with E-state index in [-0.39, 0.29) is 5.82 Å². The van der Waals surface area contributed by atoms with Gasteiger partial charge in [0.25, 0.3) is 0 Å². The third kappa shape index (κ3) is 3.28. The number of rotatable bonds is 4. The predicted octanol–water partition coefficient (Wildman–Crippen LogP) is 4.38. The molecule has 0 spiro atoms. The number of nitrogens with zero attached hydrogens (tertiary/aromatic N) is 2. The number of anilines is 1. The van der Waals surface area contributed by atoms with E-state index in [1.807, 2.05) is 24.0 Å². The van der Waals surface area contributed by atoms with Gasteiger partial charge in [0.05, 0.1) is 11.6 Å². The highest BCUT2D eigenvalue weighted by molar-refractivity contribution is 6.31. The molecule has 0 aliphatic rings. The number of hydrogen-bond acceptors (Lipinski definition) is 2. The minimum atomic E-state index is -0.258. The normalized spacial score (nSPS) is 10.1. The molecule has 20 heavy (non-hydrogen) atoms. The number of nitriles is 1. The van der Waals surface area contributed by atoms with Crippen LogP contribution in [0.2, 0.25) is 5.02 Å². The molecule has 0 aliphatic heterocycles. The first-order valence-electron chi connectivity index (χ1n) is 6.33. The molecule has 0 amide bonds. The van der Waals surface area contributed by atoms with Crippen molar-refractivity contribution in [2.45, 2.75) is 13.5 Å². The first-order valence-corrected chi connectivity index (χ1v) is 6.71. The quantitative estimate of drug-likeness (QED) is 0.835. The Morgan fingerprint density at radius 3 is 2.65 bits per heavy atom. The third-order valence-electron chi connectivity index (χ3n) is 3.10. The van der Waals surface area contributed by atoms with Crippen LogP contribution in [-0.2, 0) is 6.54 Å². The van der Waals surface area contributed by atoms with Crippen molar-refractivity contribution in [1.29, 1.82) is 5.26 Å². The van der Waals surface area contributed by atoms with Crippen LogP contribution in [0.4, 0.5) is 10.1 Å². The minimum absolute atomic E-state index is 0.258. The fourth-order valence-electron chi connectivity index (χ4n) is 2.01. The van der Waals surface area contributed by atoms with Crippen molar-refractivity contribution in [3.05, 3.63) is 64.4 Å². The van der Waals surface area contributed by atoms with E-state index in [1.165, 1.54) is 12.1 Å². The predicted molar refractivity (Wildman–Crippen MR) is 79.3 cm³/mol. The van der Waals surface area contributed by atoms with Gasteiger partial charge in [0.15, 0.2) is 0 Å². The van der Waals surface area contributed by atoms with Crippen LogP contribution in [0.5, 0.6) is 0 Å². The fraction of sp³-hybridized carbons (Fsp3) is 0.188. The second-order valence-corrected chi connectivity index (χ2v) is 4.82. The summed E-state index contributed by atoms with van der Waals surface area (Å²) in [6, 6.07) is 13.8. The molecule has 0 N–H and O–H groups in total. The van der Waals surface area contributed by atoms with Crippen LogP contribution in [0.15, 0.2) is 42.5 Å². The van der Waals surface area contributed by atoms with E-state index in [4.69, 9.17) is 16.9 Å². The highest BCUT2D eigenvalue weighted by atomic mass is 35.5. The monoisotopic (exact) mass is 288 g/mol. The lowest BCUT2D eigenvalue weighted by Crippen LogP contribution is -2.22. The number of benzene rings is 2. The highest BCUT2D eigenvalue weighted by Gasteiger charge is 2.09.